The highest BCUT2D eigenvalue weighted by atomic mass is 19.2. The van der Waals surface area contributed by atoms with Crippen molar-refractivity contribution in [3.05, 3.63) is 47.1 Å². The first-order valence-electron chi connectivity index (χ1n) is 6.75. The largest absolute Gasteiger partial charge is 0.460 e. The van der Waals surface area contributed by atoms with Crippen LogP contribution in [0.2, 0.25) is 0 Å². The quantitative estimate of drug-likeness (QED) is 0.362. The molecule has 22 heavy (non-hydrogen) atoms. The summed E-state index contributed by atoms with van der Waals surface area (Å²) in [6.45, 7) is 7.33. The Morgan fingerprint density at radius 3 is 2.09 bits per heavy atom. The van der Waals surface area contributed by atoms with Crippen LogP contribution in [0, 0.1) is 47.4 Å². The van der Waals surface area contributed by atoms with Gasteiger partial charge in [0, 0.05) is 5.56 Å². The van der Waals surface area contributed by atoms with E-state index < -0.39 is 52.9 Å². The molecule has 0 bridgehead atoms. The van der Waals surface area contributed by atoms with Gasteiger partial charge in [-0.2, -0.15) is 0 Å². The van der Waals surface area contributed by atoms with Gasteiger partial charge in [-0.15, -0.1) is 6.58 Å². The minimum Gasteiger partial charge on any atom is -0.460 e. The van der Waals surface area contributed by atoms with E-state index in [9.17, 15) is 22.4 Å². The second-order valence-electron chi connectivity index (χ2n) is 6.03. The van der Waals surface area contributed by atoms with E-state index >= 15 is 0 Å². The number of hydrogen-bond acceptors (Lipinski definition) is 2. The molecule has 2 atom stereocenters. The van der Waals surface area contributed by atoms with E-state index in [1.807, 2.05) is 13.8 Å². The van der Waals surface area contributed by atoms with Gasteiger partial charge >= 0.3 is 5.97 Å². The summed E-state index contributed by atoms with van der Waals surface area (Å²) < 4.78 is 59.0. The van der Waals surface area contributed by atoms with E-state index in [0.717, 1.165) is 6.92 Å². The van der Waals surface area contributed by atoms with E-state index in [1.165, 1.54) is 0 Å². The summed E-state index contributed by atoms with van der Waals surface area (Å²) in [4.78, 5) is 11.9. The molecule has 0 aromatic heterocycles. The van der Waals surface area contributed by atoms with Gasteiger partial charge in [0.2, 0.25) is 0 Å². The molecule has 1 aromatic rings. The third-order valence-corrected chi connectivity index (χ3v) is 4.35. The maximum absolute atomic E-state index is 13.7. The predicted octanol–water partition coefficient (Wildman–Crippen LogP) is 4.05. The van der Waals surface area contributed by atoms with Crippen molar-refractivity contribution in [3.63, 3.8) is 0 Å². The van der Waals surface area contributed by atoms with Crippen molar-refractivity contribution in [1.82, 2.24) is 0 Å². The fourth-order valence-corrected chi connectivity index (χ4v) is 2.71. The van der Waals surface area contributed by atoms with Crippen LogP contribution in [0.25, 0.3) is 0 Å². The number of allylic oxidation sites excluding steroid dienone is 1. The maximum atomic E-state index is 13.7. The average molecular weight is 316 g/mol. The van der Waals surface area contributed by atoms with Crippen LogP contribution in [0.1, 0.15) is 25.0 Å². The predicted molar refractivity (Wildman–Crippen MR) is 71.8 cm³/mol. The summed E-state index contributed by atoms with van der Waals surface area (Å²) in [5.41, 5.74) is -2.03. The summed E-state index contributed by atoms with van der Waals surface area (Å²) in [6.07, 6.45) is 1.61. The van der Waals surface area contributed by atoms with Crippen molar-refractivity contribution in [2.45, 2.75) is 27.4 Å². The number of carbonyl (C=O) groups excluding carboxylic acids is 1. The van der Waals surface area contributed by atoms with Gasteiger partial charge in [0.15, 0.2) is 23.3 Å². The standard InChI is InChI=1S/C16H16F4O2/c1-5-9-10(16(9,3)4)15(21)22-6-8-13(19)11(17)7(2)12(18)14(8)20/h5,9-10H,1,6H2,2-4H3/t9-,10+/m1/s1. The van der Waals surface area contributed by atoms with Gasteiger partial charge in [-0.25, -0.2) is 17.6 Å². The van der Waals surface area contributed by atoms with Crippen LogP contribution in [0.4, 0.5) is 17.6 Å². The Bertz CT molecular complexity index is 623. The Labute approximate surface area is 125 Å². The topological polar surface area (TPSA) is 26.3 Å². The molecule has 0 aliphatic heterocycles. The van der Waals surface area contributed by atoms with Crippen LogP contribution in [0.5, 0.6) is 0 Å². The number of carbonyl (C=O) groups is 1. The summed E-state index contributed by atoms with van der Waals surface area (Å²) in [6, 6.07) is 0. The molecule has 1 aromatic carbocycles. The van der Waals surface area contributed by atoms with Crippen LogP contribution in [-0.4, -0.2) is 5.97 Å². The summed E-state index contributed by atoms with van der Waals surface area (Å²) in [5, 5.41) is 0. The molecule has 2 rings (SSSR count). The molecule has 0 N–H and O–H groups in total. The number of rotatable bonds is 4. The summed E-state index contributed by atoms with van der Waals surface area (Å²) >= 11 is 0. The van der Waals surface area contributed by atoms with Gasteiger partial charge in [0.1, 0.15) is 6.61 Å². The Morgan fingerprint density at radius 1 is 1.18 bits per heavy atom. The minimum atomic E-state index is -1.54. The number of esters is 1. The highest BCUT2D eigenvalue weighted by molar-refractivity contribution is 5.78. The second-order valence-corrected chi connectivity index (χ2v) is 6.03. The Balaban J connectivity index is 2.17. The zero-order valence-electron chi connectivity index (χ0n) is 12.5. The minimum absolute atomic E-state index is 0.0961. The van der Waals surface area contributed by atoms with E-state index in [0.29, 0.717) is 0 Å². The third-order valence-electron chi connectivity index (χ3n) is 4.35. The molecular formula is C16H16F4O2. The van der Waals surface area contributed by atoms with Crippen molar-refractivity contribution < 1.29 is 27.1 Å². The molecule has 1 aliphatic carbocycles. The lowest BCUT2D eigenvalue weighted by atomic mass is 10.1. The Hall–Kier alpha value is -1.85. The van der Waals surface area contributed by atoms with Crippen molar-refractivity contribution in [1.29, 1.82) is 0 Å². The maximum Gasteiger partial charge on any atom is 0.310 e. The van der Waals surface area contributed by atoms with E-state index in [1.54, 1.807) is 6.08 Å². The van der Waals surface area contributed by atoms with Gasteiger partial charge in [-0.05, 0) is 18.3 Å². The molecule has 120 valence electrons. The molecular weight excluding hydrogens is 300 g/mol. The van der Waals surface area contributed by atoms with Crippen molar-refractivity contribution >= 4 is 5.97 Å². The molecule has 0 radical (unpaired) electrons. The molecule has 0 heterocycles. The van der Waals surface area contributed by atoms with Gasteiger partial charge in [-0.3, -0.25) is 4.79 Å². The lowest BCUT2D eigenvalue weighted by Gasteiger charge is -2.10. The van der Waals surface area contributed by atoms with Crippen molar-refractivity contribution in [2.75, 3.05) is 0 Å². The van der Waals surface area contributed by atoms with E-state index in [4.69, 9.17) is 4.74 Å². The zero-order chi connectivity index (χ0) is 16.8. The average Bonchev–Trinajstić information content (AvgIpc) is 3.04. The van der Waals surface area contributed by atoms with Gasteiger partial charge < -0.3 is 4.74 Å². The molecule has 1 saturated carbocycles. The molecule has 0 spiro atoms. The first kappa shape index (κ1) is 16.5. The zero-order valence-corrected chi connectivity index (χ0v) is 12.5. The van der Waals surface area contributed by atoms with Gasteiger partial charge in [0.25, 0.3) is 0 Å². The van der Waals surface area contributed by atoms with Crippen LogP contribution in [0.3, 0.4) is 0 Å². The summed E-state index contributed by atoms with van der Waals surface area (Å²) in [5.74, 6) is -7.30. The first-order valence-corrected chi connectivity index (χ1v) is 6.75. The molecule has 2 nitrogen and oxygen atoms in total. The van der Waals surface area contributed by atoms with E-state index in [2.05, 4.69) is 6.58 Å². The molecule has 0 saturated heterocycles. The van der Waals surface area contributed by atoms with Crippen LogP contribution in [-0.2, 0) is 16.1 Å². The van der Waals surface area contributed by atoms with Gasteiger partial charge in [-0.1, -0.05) is 19.9 Å². The van der Waals surface area contributed by atoms with Gasteiger partial charge in [0.05, 0.1) is 11.5 Å². The van der Waals surface area contributed by atoms with E-state index in [-0.39, 0.29) is 11.3 Å². The molecule has 6 heteroatoms. The highest BCUT2D eigenvalue weighted by Crippen LogP contribution is 2.59. The third kappa shape index (κ3) is 2.40. The van der Waals surface area contributed by atoms with Crippen molar-refractivity contribution in [3.8, 4) is 0 Å². The number of halogens is 4. The molecule has 0 amide bonds. The lowest BCUT2D eigenvalue weighted by molar-refractivity contribution is -0.147. The Morgan fingerprint density at radius 2 is 1.68 bits per heavy atom. The second kappa shape index (κ2) is 5.41. The molecule has 1 aliphatic rings. The van der Waals surface area contributed by atoms with Crippen LogP contribution < -0.4 is 0 Å². The first-order chi connectivity index (χ1) is 10.1. The fraction of sp³-hybridized carbons (Fsp3) is 0.438. The van der Waals surface area contributed by atoms with Crippen LogP contribution in [0.15, 0.2) is 12.7 Å². The molecule has 0 unspecified atom stereocenters. The lowest BCUT2D eigenvalue weighted by Crippen LogP contribution is -2.14. The Kier molecular flexibility index (Phi) is 4.06. The normalized spacial score (nSPS) is 22.3. The highest BCUT2D eigenvalue weighted by Gasteiger charge is 2.61. The number of hydrogen-bond donors (Lipinski definition) is 0. The molecule has 1 fully saturated rings. The SMILES string of the molecule is C=C[C@@H]1[C@@H](C(=O)OCc2c(F)c(F)c(C)c(F)c2F)C1(C)C. The smallest absolute Gasteiger partial charge is 0.310 e. The fourth-order valence-electron chi connectivity index (χ4n) is 2.71. The number of benzene rings is 1. The summed E-state index contributed by atoms with van der Waals surface area (Å²) in [7, 11) is 0. The van der Waals surface area contributed by atoms with Crippen LogP contribution >= 0.6 is 0 Å². The van der Waals surface area contributed by atoms with Crippen molar-refractivity contribution in [2.24, 2.45) is 17.3 Å². The monoisotopic (exact) mass is 316 g/mol. The number of ether oxygens (including phenoxy) is 1.